The SMILES string of the molecule is CN(C)c1cc(NS(=O)(=O)c2ccccc2)c(O)c2c1C[C@@H]1C[C@@H]3[C@H](N(C)C)C(O)=C(C(N)=O)C(=O)[C@@]3(O)C(O)=C1C2=O. The van der Waals surface area contributed by atoms with Crippen LogP contribution in [0, 0.1) is 11.8 Å². The van der Waals surface area contributed by atoms with Gasteiger partial charge >= 0.3 is 0 Å². The highest BCUT2D eigenvalue weighted by Gasteiger charge is 2.63. The Morgan fingerprint density at radius 2 is 1.70 bits per heavy atom. The van der Waals surface area contributed by atoms with Crippen molar-refractivity contribution in [2.24, 2.45) is 17.6 Å². The average Bonchev–Trinajstić information content (AvgIpc) is 2.92. The molecule has 0 saturated heterocycles. The van der Waals surface area contributed by atoms with Gasteiger partial charge in [-0.3, -0.25) is 24.0 Å². The molecule has 43 heavy (non-hydrogen) atoms. The number of likely N-dealkylation sites (N-methyl/N-ethyl adjacent to an activating group) is 1. The second kappa shape index (κ2) is 10.1. The number of nitrogens with two attached hydrogens (primary N) is 1. The van der Waals surface area contributed by atoms with Gasteiger partial charge in [0.25, 0.3) is 15.9 Å². The van der Waals surface area contributed by atoms with E-state index in [1.807, 2.05) is 0 Å². The van der Waals surface area contributed by atoms with Crippen LogP contribution in [0.2, 0.25) is 0 Å². The van der Waals surface area contributed by atoms with E-state index < -0.39 is 73.8 Å². The number of nitrogens with zero attached hydrogens (tertiary/aromatic N) is 2. The number of allylic oxidation sites excluding steroid dienone is 1. The molecule has 1 amide bonds. The molecule has 14 heteroatoms. The molecule has 7 N–H and O–H groups in total. The van der Waals surface area contributed by atoms with E-state index >= 15 is 0 Å². The van der Waals surface area contributed by atoms with E-state index in [-0.39, 0.29) is 34.6 Å². The zero-order valence-electron chi connectivity index (χ0n) is 23.8. The van der Waals surface area contributed by atoms with E-state index in [1.54, 1.807) is 39.2 Å². The first-order valence-corrected chi connectivity index (χ1v) is 14.8. The molecule has 2 aromatic carbocycles. The maximum Gasteiger partial charge on any atom is 0.262 e. The number of rotatable bonds is 6. The molecule has 0 aromatic heterocycles. The largest absolute Gasteiger partial charge is 0.510 e. The van der Waals surface area contributed by atoms with Gasteiger partial charge in [-0.2, -0.15) is 0 Å². The first-order chi connectivity index (χ1) is 20.0. The minimum Gasteiger partial charge on any atom is -0.510 e. The van der Waals surface area contributed by atoms with Crippen LogP contribution in [0.1, 0.15) is 22.3 Å². The lowest BCUT2D eigenvalue weighted by Gasteiger charge is -2.50. The Kier molecular flexibility index (Phi) is 7.07. The number of primary amides is 1. The third-order valence-electron chi connectivity index (χ3n) is 8.48. The second-order valence-corrected chi connectivity index (χ2v) is 13.1. The Hall–Kier alpha value is -4.40. The molecule has 13 nitrogen and oxygen atoms in total. The van der Waals surface area contributed by atoms with Crippen molar-refractivity contribution >= 4 is 38.9 Å². The molecule has 5 rings (SSSR count). The summed E-state index contributed by atoms with van der Waals surface area (Å²) in [5.41, 5.74) is 1.52. The van der Waals surface area contributed by atoms with Gasteiger partial charge in [-0.1, -0.05) is 18.2 Å². The summed E-state index contributed by atoms with van der Waals surface area (Å²) in [5.74, 6) is -7.87. The number of nitrogens with one attached hydrogen (secondary N) is 1. The molecular weight excluding hydrogens is 580 g/mol. The zero-order valence-corrected chi connectivity index (χ0v) is 24.6. The van der Waals surface area contributed by atoms with Crippen molar-refractivity contribution < 1.29 is 43.2 Å². The van der Waals surface area contributed by atoms with Gasteiger partial charge in [0.1, 0.15) is 17.1 Å². The van der Waals surface area contributed by atoms with Crippen LogP contribution in [0.25, 0.3) is 0 Å². The molecule has 0 heterocycles. The van der Waals surface area contributed by atoms with Crippen molar-refractivity contribution in [2.45, 2.75) is 29.4 Å². The van der Waals surface area contributed by atoms with Crippen LogP contribution >= 0.6 is 0 Å². The molecule has 228 valence electrons. The lowest BCUT2D eigenvalue weighted by Crippen LogP contribution is -2.63. The topological polar surface area (TPSA) is 211 Å². The molecule has 0 aliphatic heterocycles. The van der Waals surface area contributed by atoms with E-state index in [9.17, 15) is 43.2 Å². The average molecular weight is 613 g/mol. The third-order valence-corrected chi connectivity index (χ3v) is 9.86. The van der Waals surface area contributed by atoms with E-state index in [2.05, 4.69) is 4.72 Å². The molecule has 0 spiro atoms. The smallest absolute Gasteiger partial charge is 0.262 e. The molecule has 2 aromatic rings. The lowest BCUT2D eigenvalue weighted by molar-refractivity contribution is -0.148. The number of fused-ring (bicyclic) bond motifs is 3. The molecule has 0 saturated carbocycles. The number of hydrogen-bond acceptors (Lipinski definition) is 11. The van der Waals surface area contributed by atoms with Gasteiger partial charge in [-0.25, -0.2) is 8.42 Å². The number of anilines is 2. The van der Waals surface area contributed by atoms with Crippen LogP contribution in [0.15, 0.2) is 64.0 Å². The summed E-state index contributed by atoms with van der Waals surface area (Å²) in [6, 6.07) is 7.70. The molecule has 0 unspecified atom stereocenters. The van der Waals surface area contributed by atoms with Gasteiger partial charge in [-0.05, 0) is 56.6 Å². The van der Waals surface area contributed by atoms with Crippen molar-refractivity contribution in [3.8, 4) is 5.75 Å². The molecule has 4 atom stereocenters. The summed E-state index contributed by atoms with van der Waals surface area (Å²) in [7, 11) is 2.26. The van der Waals surface area contributed by atoms with Gasteiger partial charge < -0.3 is 31.1 Å². The number of hydrogen-bond donors (Lipinski definition) is 6. The van der Waals surface area contributed by atoms with Crippen LogP contribution in [0.4, 0.5) is 11.4 Å². The predicted molar refractivity (Wildman–Crippen MR) is 155 cm³/mol. The van der Waals surface area contributed by atoms with Crippen molar-refractivity contribution in [3.63, 3.8) is 0 Å². The zero-order chi connectivity index (χ0) is 31.8. The third kappa shape index (κ3) is 4.36. The highest BCUT2D eigenvalue weighted by atomic mass is 32.2. The van der Waals surface area contributed by atoms with Crippen molar-refractivity contribution in [1.82, 2.24) is 4.90 Å². The Labute approximate surface area is 247 Å². The minimum absolute atomic E-state index is 0.0569. The van der Waals surface area contributed by atoms with Crippen LogP contribution < -0.4 is 15.4 Å². The monoisotopic (exact) mass is 612 g/mol. The number of phenolic OH excluding ortho intramolecular Hbond substituents is 1. The Morgan fingerprint density at radius 3 is 2.26 bits per heavy atom. The molecule has 0 bridgehead atoms. The van der Waals surface area contributed by atoms with E-state index in [1.165, 1.54) is 35.2 Å². The normalized spacial score (nSPS) is 25.3. The van der Waals surface area contributed by atoms with Crippen molar-refractivity contribution in [2.75, 3.05) is 37.8 Å². The quantitative estimate of drug-likeness (QED) is 0.200. The van der Waals surface area contributed by atoms with Gasteiger partial charge in [-0.15, -0.1) is 0 Å². The van der Waals surface area contributed by atoms with Crippen LogP contribution in [0.3, 0.4) is 0 Å². The molecule has 3 aliphatic carbocycles. The summed E-state index contributed by atoms with van der Waals surface area (Å²) in [4.78, 5) is 42.8. The second-order valence-electron chi connectivity index (χ2n) is 11.4. The summed E-state index contributed by atoms with van der Waals surface area (Å²) < 4.78 is 28.5. The minimum atomic E-state index is -4.19. The summed E-state index contributed by atoms with van der Waals surface area (Å²) >= 11 is 0. The number of ketones is 2. The van der Waals surface area contributed by atoms with Gasteiger partial charge in [0.2, 0.25) is 5.78 Å². The number of aliphatic hydroxyl groups excluding tert-OH is 2. The fourth-order valence-electron chi connectivity index (χ4n) is 6.58. The maximum atomic E-state index is 14.1. The highest BCUT2D eigenvalue weighted by molar-refractivity contribution is 7.92. The number of Topliss-reactive ketones (excluding diaryl/α,β-unsaturated/α-hetero) is 2. The Morgan fingerprint density at radius 1 is 1.07 bits per heavy atom. The van der Waals surface area contributed by atoms with Gasteiger partial charge in [0.15, 0.2) is 17.1 Å². The van der Waals surface area contributed by atoms with Crippen molar-refractivity contribution in [3.05, 3.63) is 70.2 Å². The highest BCUT2D eigenvalue weighted by Crippen LogP contribution is 2.54. The molecular formula is C29H32N4O9S. The number of amides is 1. The number of aromatic hydroxyl groups is 1. The molecule has 0 fully saturated rings. The molecule has 3 aliphatic rings. The van der Waals surface area contributed by atoms with E-state index in [0.29, 0.717) is 11.3 Å². The number of benzene rings is 2. The van der Waals surface area contributed by atoms with E-state index in [4.69, 9.17) is 5.73 Å². The van der Waals surface area contributed by atoms with Crippen LogP contribution in [-0.2, 0) is 26.0 Å². The summed E-state index contributed by atoms with van der Waals surface area (Å²) in [6.45, 7) is 0. The standard InChI is InChI=1S/C29H32N4O9S/c1-32(2)18-12-17(31-43(41,42)14-8-6-5-7-9-14)23(34)20-15(18)10-13-11-16-22(33(3)4)25(36)21(28(30)39)27(38)29(16,40)26(37)19(13)24(20)35/h5-9,12-13,16,22,31,34,36-37,40H,10-11H2,1-4H3,(H2,30,39)/t13-,16-,22+,29+/m1/s1. The first kappa shape index (κ1) is 30.1. The lowest BCUT2D eigenvalue weighted by atomic mass is 9.58. The summed E-state index contributed by atoms with van der Waals surface area (Å²) in [6.07, 6.45) is -0.0108. The molecule has 0 radical (unpaired) electrons. The fourth-order valence-corrected chi connectivity index (χ4v) is 7.66. The number of carbonyl (C=O) groups is 3. The van der Waals surface area contributed by atoms with Crippen LogP contribution in [0.5, 0.6) is 5.75 Å². The Bertz CT molecular complexity index is 1750. The number of sulfonamides is 1. The number of phenols is 1. The Balaban J connectivity index is 1.70. The van der Waals surface area contributed by atoms with Gasteiger partial charge in [0, 0.05) is 31.3 Å². The fraction of sp³-hybridized carbons (Fsp3) is 0.345. The maximum absolute atomic E-state index is 14.1. The predicted octanol–water partition coefficient (Wildman–Crippen LogP) is 0.987. The summed E-state index contributed by atoms with van der Waals surface area (Å²) in [5, 5.41) is 45.5. The van der Waals surface area contributed by atoms with Crippen LogP contribution in [-0.4, -0.2) is 91.1 Å². The van der Waals surface area contributed by atoms with Gasteiger partial charge in [0.05, 0.1) is 22.2 Å². The van der Waals surface area contributed by atoms with Crippen molar-refractivity contribution in [1.29, 1.82) is 0 Å². The first-order valence-electron chi connectivity index (χ1n) is 13.3. The van der Waals surface area contributed by atoms with E-state index in [0.717, 1.165) is 0 Å². The number of carbonyl (C=O) groups excluding carboxylic acids is 3. The number of aliphatic hydroxyl groups is 3.